The van der Waals surface area contributed by atoms with Gasteiger partial charge in [0.2, 0.25) is 0 Å². The molecule has 0 radical (unpaired) electrons. The molecule has 0 N–H and O–H groups in total. The Labute approximate surface area is 131 Å². The smallest absolute Gasteiger partial charge is 0.255 e. The fourth-order valence-electron chi connectivity index (χ4n) is 1.79. The first-order chi connectivity index (χ1) is 9.34. The van der Waals surface area contributed by atoms with Crippen molar-refractivity contribution in [3.05, 3.63) is 45.5 Å². The Morgan fingerprint density at radius 1 is 1.40 bits per heavy atom. The number of nitrogens with zero attached hydrogens (tertiary/aromatic N) is 3. The molecule has 1 heterocycles. The van der Waals surface area contributed by atoms with Crippen LogP contribution < -0.4 is 0 Å². The highest BCUT2D eigenvalue weighted by molar-refractivity contribution is 9.10. The SMILES string of the molecule is CN(Cc1ccccc1Br)S(=O)(=O)c1c(Cl)cnn1C. The predicted octanol–water partition coefficient (Wildman–Crippen LogP) is 2.66. The van der Waals surface area contributed by atoms with Crippen molar-refractivity contribution in [2.75, 3.05) is 7.05 Å². The Kier molecular flexibility index (Phi) is 4.53. The summed E-state index contributed by atoms with van der Waals surface area (Å²) in [6.07, 6.45) is 1.32. The Morgan fingerprint density at radius 3 is 2.60 bits per heavy atom. The zero-order valence-corrected chi connectivity index (χ0v) is 14.1. The van der Waals surface area contributed by atoms with Gasteiger partial charge >= 0.3 is 0 Å². The van der Waals surface area contributed by atoms with Crippen molar-refractivity contribution in [2.45, 2.75) is 11.6 Å². The minimum Gasteiger partial charge on any atom is -0.255 e. The van der Waals surface area contributed by atoms with Gasteiger partial charge in [-0.3, -0.25) is 4.68 Å². The predicted molar refractivity (Wildman–Crippen MR) is 81.0 cm³/mol. The Morgan fingerprint density at radius 2 is 2.05 bits per heavy atom. The maximum Gasteiger partial charge on any atom is 0.261 e. The van der Waals surface area contributed by atoms with Crippen LogP contribution in [0.5, 0.6) is 0 Å². The van der Waals surface area contributed by atoms with Crippen molar-refractivity contribution >= 4 is 37.6 Å². The lowest BCUT2D eigenvalue weighted by Gasteiger charge is -2.18. The number of benzene rings is 1. The highest BCUT2D eigenvalue weighted by atomic mass is 79.9. The third-order valence-electron chi connectivity index (χ3n) is 2.85. The first-order valence-electron chi connectivity index (χ1n) is 5.71. The summed E-state index contributed by atoms with van der Waals surface area (Å²) in [6.45, 7) is 0.241. The largest absolute Gasteiger partial charge is 0.261 e. The van der Waals surface area contributed by atoms with Gasteiger partial charge in [0.1, 0.15) is 0 Å². The fourth-order valence-corrected chi connectivity index (χ4v) is 3.94. The van der Waals surface area contributed by atoms with Crippen LogP contribution in [-0.2, 0) is 23.6 Å². The summed E-state index contributed by atoms with van der Waals surface area (Å²) in [5.74, 6) is 0. The molecule has 0 fully saturated rings. The zero-order valence-electron chi connectivity index (χ0n) is 10.9. The molecule has 0 aliphatic rings. The van der Waals surface area contributed by atoms with Crippen LogP contribution in [-0.4, -0.2) is 29.6 Å². The van der Waals surface area contributed by atoms with Gasteiger partial charge in [-0.05, 0) is 11.6 Å². The van der Waals surface area contributed by atoms with E-state index in [-0.39, 0.29) is 16.6 Å². The van der Waals surface area contributed by atoms with Crippen LogP contribution in [0.1, 0.15) is 5.56 Å². The minimum atomic E-state index is -3.69. The van der Waals surface area contributed by atoms with E-state index in [1.54, 1.807) is 7.05 Å². The van der Waals surface area contributed by atoms with Crippen LogP contribution >= 0.6 is 27.5 Å². The summed E-state index contributed by atoms with van der Waals surface area (Å²) >= 11 is 9.31. The molecule has 0 spiro atoms. The number of hydrogen-bond donors (Lipinski definition) is 0. The highest BCUT2D eigenvalue weighted by Crippen LogP contribution is 2.25. The fraction of sp³-hybridized carbons (Fsp3) is 0.250. The standard InChI is InChI=1S/C12H13BrClN3O2S/c1-16(8-9-5-3-4-6-10(9)13)20(18,19)12-11(14)7-15-17(12)2/h3-7H,8H2,1-2H3. The second-order valence-corrected chi connectivity index (χ2v) is 7.50. The molecule has 0 amide bonds. The average molecular weight is 379 g/mol. The van der Waals surface area contributed by atoms with Gasteiger partial charge in [0.25, 0.3) is 10.0 Å². The van der Waals surface area contributed by atoms with E-state index in [1.807, 2.05) is 24.3 Å². The first kappa shape index (κ1) is 15.5. The molecule has 1 aromatic carbocycles. The maximum atomic E-state index is 12.5. The van der Waals surface area contributed by atoms with Gasteiger partial charge in [0.05, 0.1) is 11.2 Å². The van der Waals surface area contributed by atoms with E-state index in [0.717, 1.165) is 10.0 Å². The molecule has 0 atom stereocenters. The Bertz CT molecular complexity index is 711. The lowest BCUT2D eigenvalue weighted by Crippen LogP contribution is -2.28. The molecule has 0 saturated heterocycles. The van der Waals surface area contributed by atoms with Gasteiger partial charge in [-0.15, -0.1) is 0 Å². The lowest BCUT2D eigenvalue weighted by molar-refractivity contribution is 0.457. The monoisotopic (exact) mass is 377 g/mol. The van der Waals surface area contributed by atoms with E-state index in [1.165, 1.54) is 22.2 Å². The summed E-state index contributed by atoms with van der Waals surface area (Å²) in [5, 5.41) is 3.97. The average Bonchev–Trinajstić information content (AvgIpc) is 2.72. The van der Waals surface area contributed by atoms with E-state index in [2.05, 4.69) is 21.0 Å². The Balaban J connectivity index is 2.34. The normalized spacial score (nSPS) is 12.1. The van der Waals surface area contributed by atoms with Gasteiger partial charge in [-0.1, -0.05) is 45.7 Å². The number of hydrogen-bond acceptors (Lipinski definition) is 3. The van der Waals surface area contributed by atoms with E-state index < -0.39 is 10.0 Å². The second-order valence-electron chi connectivity index (χ2n) is 4.27. The van der Waals surface area contributed by atoms with E-state index >= 15 is 0 Å². The minimum absolute atomic E-state index is 0.00581. The van der Waals surface area contributed by atoms with Crippen LogP contribution in [0.2, 0.25) is 5.02 Å². The van der Waals surface area contributed by atoms with Crippen molar-refractivity contribution in [1.82, 2.24) is 14.1 Å². The molecule has 20 heavy (non-hydrogen) atoms. The van der Waals surface area contributed by atoms with Crippen LogP contribution in [0.3, 0.4) is 0 Å². The van der Waals surface area contributed by atoms with Crippen LogP contribution in [0.4, 0.5) is 0 Å². The van der Waals surface area contributed by atoms with E-state index in [4.69, 9.17) is 11.6 Å². The molecule has 5 nitrogen and oxygen atoms in total. The third-order valence-corrected chi connectivity index (χ3v) is 5.93. The molecular weight excluding hydrogens is 366 g/mol. The molecule has 0 unspecified atom stereocenters. The van der Waals surface area contributed by atoms with Gasteiger partial charge in [-0.25, -0.2) is 8.42 Å². The molecule has 1 aromatic heterocycles. The van der Waals surface area contributed by atoms with Gasteiger partial charge < -0.3 is 0 Å². The second kappa shape index (κ2) is 5.85. The molecule has 0 saturated carbocycles. The summed E-state index contributed by atoms with van der Waals surface area (Å²) in [4.78, 5) is 0. The van der Waals surface area contributed by atoms with Crippen molar-refractivity contribution < 1.29 is 8.42 Å². The summed E-state index contributed by atoms with van der Waals surface area (Å²) in [5.41, 5.74) is 0.872. The van der Waals surface area contributed by atoms with E-state index in [9.17, 15) is 8.42 Å². The highest BCUT2D eigenvalue weighted by Gasteiger charge is 2.27. The first-order valence-corrected chi connectivity index (χ1v) is 8.32. The quantitative estimate of drug-likeness (QED) is 0.822. The van der Waals surface area contributed by atoms with Crippen molar-refractivity contribution in [3.8, 4) is 0 Å². The van der Waals surface area contributed by atoms with Gasteiger partial charge in [0.15, 0.2) is 5.03 Å². The van der Waals surface area contributed by atoms with Gasteiger partial charge in [0, 0.05) is 25.1 Å². The zero-order chi connectivity index (χ0) is 14.9. The summed E-state index contributed by atoms with van der Waals surface area (Å²) < 4.78 is 28.4. The number of sulfonamides is 1. The topological polar surface area (TPSA) is 55.2 Å². The maximum absolute atomic E-state index is 12.5. The molecule has 0 bridgehead atoms. The third kappa shape index (κ3) is 2.90. The van der Waals surface area contributed by atoms with Gasteiger partial charge in [-0.2, -0.15) is 9.40 Å². The van der Waals surface area contributed by atoms with Crippen molar-refractivity contribution in [1.29, 1.82) is 0 Å². The molecule has 108 valence electrons. The number of rotatable bonds is 4. The number of halogens is 2. The van der Waals surface area contributed by atoms with Crippen molar-refractivity contribution in [2.24, 2.45) is 7.05 Å². The molecule has 0 aliphatic heterocycles. The summed E-state index contributed by atoms with van der Waals surface area (Å²) in [6, 6.07) is 7.46. The lowest BCUT2D eigenvalue weighted by atomic mass is 10.2. The molecule has 0 aliphatic carbocycles. The van der Waals surface area contributed by atoms with E-state index in [0.29, 0.717) is 0 Å². The number of aromatic nitrogens is 2. The van der Waals surface area contributed by atoms with Crippen LogP contribution in [0.25, 0.3) is 0 Å². The molecule has 8 heteroatoms. The van der Waals surface area contributed by atoms with Crippen LogP contribution in [0.15, 0.2) is 40.0 Å². The summed E-state index contributed by atoms with van der Waals surface area (Å²) in [7, 11) is -0.632. The van der Waals surface area contributed by atoms with Crippen LogP contribution in [0, 0.1) is 0 Å². The number of aryl methyl sites for hydroxylation is 1. The molecule has 2 aromatic rings. The molecule has 2 rings (SSSR count). The van der Waals surface area contributed by atoms with Crippen molar-refractivity contribution in [3.63, 3.8) is 0 Å². The Hall–Kier alpha value is -0.890. The molecular formula is C12H13BrClN3O2S.